The lowest BCUT2D eigenvalue weighted by atomic mass is 9.58. The maximum atomic E-state index is 13.9. The van der Waals surface area contributed by atoms with Gasteiger partial charge in [-0.25, -0.2) is 0 Å². The van der Waals surface area contributed by atoms with Gasteiger partial charge in [0.2, 0.25) is 5.78 Å². The molecule has 0 bridgehead atoms. The Morgan fingerprint density at radius 2 is 1.82 bits per heavy atom. The van der Waals surface area contributed by atoms with Gasteiger partial charge in [-0.15, -0.1) is 0 Å². The maximum absolute atomic E-state index is 13.9. The summed E-state index contributed by atoms with van der Waals surface area (Å²) in [7, 11) is 6.95. The summed E-state index contributed by atoms with van der Waals surface area (Å²) >= 11 is 0. The van der Waals surface area contributed by atoms with E-state index in [1.165, 1.54) is 19.3 Å². The van der Waals surface area contributed by atoms with Gasteiger partial charge in [0.1, 0.15) is 22.8 Å². The number of allylic oxidation sites excluding steroid dienone is 1. The Morgan fingerprint density at radius 3 is 2.38 bits per heavy atom. The number of likely N-dealkylation sites (N-methyl/N-ethyl adjacent to an activating group) is 1. The van der Waals surface area contributed by atoms with E-state index in [9.17, 15) is 34.8 Å². The zero-order chi connectivity index (χ0) is 29.3. The van der Waals surface area contributed by atoms with Crippen molar-refractivity contribution in [3.63, 3.8) is 0 Å². The third-order valence-corrected chi connectivity index (χ3v) is 9.19. The van der Waals surface area contributed by atoms with Gasteiger partial charge in [0.25, 0.3) is 5.91 Å². The molecule has 1 saturated carbocycles. The summed E-state index contributed by atoms with van der Waals surface area (Å²) in [6, 6.07) is 0.534. The van der Waals surface area contributed by atoms with Crippen LogP contribution in [0.1, 0.15) is 47.2 Å². The summed E-state index contributed by atoms with van der Waals surface area (Å²) in [5.41, 5.74) is 4.05. The number of hydrogen-bond acceptors (Lipinski definition) is 10. The van der Waals surface area contributed by atoms with Crippen molar-refractivity contribution in [2.45, 2.75) is 50.3 Å². The highest BCUT2D eigenvalue weighted by Gasteiger charge is 2.63. The Balaban J connectivity index is 1.62. The molecule has 1 fully saturated rings. The van der Waals surface area contributed by atoms with E-state index in [1.807, 2.05) is 19.0 Å². The van der Waals surface area contributed by atoms with E-state index in [0.717, 1.165) is 17.8 Å². The van der Waals surface area contributed by atoms with E-state index in [4.69, 9.17) is 5.73 Å². The molecule has 11 nitrogen and oxygen atoms in total. The predicted molar refractivity (Wildman–Crippen MR) is 147 cm³/mol. The van der Waals surface area contributed by atoms with Crippen LogP contribution >= 0.6 is 0 Å². The van der Waals surface area contributed by atoms with Gasteiger partial charge in [-0.05, 0) is 75.4 Å². The van der Waals surface area contributed by atoms with E-state index in [0.29, 0.717) is 18.0 Å². The number of carbonyl (C=O) groups excluding carboxylic acids is 3. The molecular formula is C29H38N4O7. The first-order chi connectivity index (χ1) is 18.8. The highest BCUT2D eigenvalue weighted by atomic mass is 16.3. The van der Waals surface area contributed by atoms with Crippen molar-refractivity contribution >= 4 is 23.2 Å². The average Bonchev–Trinajstić information content (AvgIpc) is 2.82. The molecule has 0 spiro atoms. The van der Waals surface area contributed by atoms with Crippen LogP contribution in [0.15, 0.2) is 28.7 Å². The number of aliphatic hydroxyl groups excluding tert-OH is 2. The lowest BCUT2D eigenvalue weighted by Gasteiger charge is -2.50. The van der Waals surface area contributed by atoms with Crippen molar-refractivity contribution in [1.29, 1.82) is 0 Å². The molecule has 0 radical (unpaired) electrons. The number of amides is 1. The molecule has 4 atom stereocenters. The van der Waals surface area contributed by atoms with Gasteiger partial charge in [0.05, 0.1) is 11.6 Å². The molecular weight excluding hydrogens is 516 g/mol. The molecule has 7 N–H and O–H groups in total. The number of nitrogens with two attached hydrogens (primary N) is 1. The standard InChI is InChI=1S/C29H38N4O7/c1-32(2)22-15(12-31-11-13-6-5-7-13)10-18(34)20-16(22)8-14-9-17-23(33(3)4)25(36)21(28(30)39)27(38)29(17,40)26(37)19(14)24(20)35/h10,13-14,17,23,31,34,36-37,40H,5-9,11-12H2,1-4H3,(H2,30,39)/t14-,17-,23-,29-/m0/s1. The molecule has 5 rings (SSSR count). The molecule has 4 aliphatic carbocycles. The number of rotatable bonds is 7. The number of anilines is 1. The van der Waals surface area contributed by atoms with E-state index in [1.54, 1.807) is 25.1 Å². The van der Waals surface area contributed by atoms with Crippen molar-refractivity contribution in [1.82, 2.24) is 10.2 Å². The number of ketones is 2. The molecule has 40 heavy (non-hydrogen) atoms. The van der Waals surface area contributed by atoms with Crippen LogP contribution in [-0.4, -0.2) is 89.2 Å². The monoisotopic (exact) mass is 554 g/mol. The smallest absolute Gasteiger partial charge is 0.255 e. The van der Waals surface area contributed by atoms with Crippen LogP contribution in [0.25, 0.3) is 0 Å². The number of nitrogens with zero attached hydrogens (tertiary/aromatic N) is 2. The van der Waals surface area contributed by atoms with Crippen molar-refractivity contribution in [2.24, 2.45) is 23.5 Å². The average molecular weight is 555 g/mol. The largest absolute Gasteiger partial charge is 0.510 e. The molecule has 1 aromatic carbocycles. The molecule has 0 aliphatic heterocycles. The number of Topliss-reactive ketones (excluding diaryl/α,β-unsaturated/α-hetero) is 2. The van der Waals surface area contributed by atoms with Gasteiger partial charge in [0.15, 0.2) is 11.4 Å². The first-order valence-corrected chi connectivity index (χ1v) is 13.7. The van der Waals surface area contributed by atoms with Gasteiger partial charge in [-0.3, -0.25) is 19.3 Å². The minimum Gasteiger partial charge on any atom is -0.510 e. The van der Waals surface area contributed by atoms with Crippen molar-refractivity contribution in [2.75, 3.05) is 39.6 Å². The van der Waals surface area contributed by atoms with Crippen LogP contribution in [0.4, 0.5) is 5.69 Å². The normalized spacial score (nSPS) is 28.3. The Hall–Kier alpha value is -3.41. The number of phenolic OH excluding ortho intramolecular Hbond substituents is 1. The minimum absolute atomic E-state index is 0.0206. The number of aliphatic hydroxyl groups is 3. The Labute approximate surface area is 232 Å². The fourth-order valence-corrected chi connectivity index (χ4v) is 7.17. The summed E-state index contributed by atoms with van der Waals surface area (Å²) in [5, 5.41) is 48.6. The van der Waals surface area contributed by atoms with Crippen molar-refractivity contribution < 1.29 is 34.8 Å². The highest BCUT2D eigenvalue weighted by Crippen LogP contribution is 2.53. The third kappa shape index (κ3) is 4.02. The number of carbonyl (C=O) groups is 3. The quantitative estimate of drug-likeness (QED) is 0.267. The van der Waals surface area contributed by atoms with Gasteiger partial charge < -0.3 is 36.4 Å². The van der Waals surface area contributed by atoms with Crippen LogP contribution in [0.3, 0.4) is 0 Å². The van der Waals surface area contributed by atoms with Crippen LogP contribution in [0.5, 0.6) is 5.75 Å². The SMILES string of the molecule is CN(C)c1c(CNCC2CCC2)cc(O)c2c1C[C@H]1C[C@H]3[C@H](N(C)C)C(O)=C(C(N)=O)C(=O)[C@@]3(O)C(O)=C1C2=O. The third-order valence-electron chi connectivity index (χ3n) is 9.19. The molecule has 1 amide bonds. The summed E-state index contributed by atoms with van der Waals surface area (Å²) in [5.74, 6) is -5.86. The lowest BCUT2D eigenvalue weighted by Crippen LogP contribution is -2.63. The summed E-state index contributed by atoms with van der Waals surface area (Å²) in [6.45, 7) is 1.38. The first-order valence-electron chi connectivity index (χ1n) is 13.7. The number of aromatic hydroxyl groups is 1. The Bertz CT molecular complexity index is 1360. The van der Waals surface area contributed by atoms with Crippen molar-refractivity contribution in [3.8, 4) is 5.75 Å². The first kappa shape index (κ1) is 28.1. The molecule has 0 aromatic heterocycles. The summed E-state index contributed by atoms with van der Waals surface area (Å²) in [4.78, 5) is 42.9. The van der Waals surface area contributed by atoms with Crippen LogP contribution in [-0.2, 0) is 22.6 Å². The molecule has 216 valence electrons. The molecule has 11 heteroatoms. The van der Waals surface area contributed by atoms with E-state index >= 15 is 0 Å². The Kier molecular flexibility index (Phi) is 6.96. The fourth-order valence-electron chi connectivity index (χ4n) is 7.17. The van der Waals surface area contributed by atoms with E-state index < -0.39 is 58.0 Å². The number of hydrogen-bond donors (Lipinski definition) is 6. The van der Waals surface area contributed by atoms with Gasteiger partial charge in [0, 0.05) is 37.8 Å². The zero-order valence-corrected chi connectivity index (χ0v) is 23.3. The van der Waals surface area contributed by atoms with Crippen LogP contribution < -0.4 is 16.0 Å². The second-order valence-corrected chi connectivity index (χ2v) is 12.0. The molecule has 0 unspecified atom stereocenters. The maximum Gasteiger partial charge on any atom is 0.255 e. The molecule has 0 heterocycles. The number of fused-ring (bicyclic) bond motifs is 3. The topological polar surface area (TPSA) is 177 Å². The zero-order valence-electron chi connectivity index (χ0n) is 23.3. The number of phenols is 1. The number of nitrogens with one attached hydrogen (secondary N) is 1. The molecule has 4 aliphatic rings. The second kappa shape index (κ2) is 9.90. The highest BCUT2D eigenvalue weighted by molar-refractivity contribution is 6.24. The molecule has 1 aromatic rings. The van der Waals surface area contributed by atoms with E-state index in [-0.39, 0.29) is 29.7 Å². The predicted octanol–water partition coefficient (Wildman–Crippen LogP) is 1.08. The van der Waals surface area contributed by atoms with Crippen LogP contribution in [0, 0.1) is 17.8 Å². The molecule has 0 saturated heterocycles. The minimum atomic E-state index is -2.64. The summed E-state index contributed by atoms with van der Waals surface area (Å²) < 4.78 is 0. The van der Waals surface area contributed by atoms with E-state index in [2.05, 4.69) is 5.32 Å². The number of primary amides is 1. The van der Waals surface area contributed by atoms with Crippen molar-refractivity contribution in [3.05, 3.63) is 45.4 Å². The van der Waals surface area contributed by atoms with Gasteiger partial charge in [-0.2, -0.15) is 0 Å². The van der Waals surface area contributed by atoms with Gasteiger partial charge >= 0.3 is 0 Å². The lowest BCUT2D eigenvalue weighted by molar-refractivity contribution is -0.148. The summed E-state index contributed by atoms with van der Waals surface area (Å²) in [6.07, 6.45) is 3.96. The van der Waals surface area contributed by atoms with Gasteiger partial charge in [-0.1, -0.05) is 6.42 Å². The second-order valence-electron chi connectivity index (χ2n) is 12.0. The fraction of sp³-hybridized carbons (Fsp3) is 0.552. The number of benzene rings is 1. The van der Waals surface area contributed by atoms with Crippen LogP contribution in [0.2, 0.25) is 0 Å². The Morgan fingerprint density at radius 1 is 1.15 bits per heavy atom.